The van der Waals surface area contributed by atoms with Crippen molar-refractivity contribution in [2.24, 2.45) is 5.84 Å². The van der Waals surface area contributed by atoms with Gasteiger partial charge in [-0.3, -0.25) is 9.80 Å². The van der Waals surface area contributed by atoms with Crippen molar-refractivity contribution in [1.82, 2.24) is 5.01 Å². The fraction of sp³-hybridized carbons (Fsp3) is 0.800. The summed E-state index contributed by atoms with van der Waals surface area (Å²) in [6.07, 6.45) is 4.06. The van der Waals surface area contributed by atoms with Gasteiger partial charge in [-0.25, -0.2) is 5.84 Å². The second-order valence-corrected chi connectivity index (χ2v) is 2.14. The highest BCUT2D eigenvalue weighted by Crippen LogP contribution is 2.20. The summed E-state index contributed by atoms with van der Waals surface area (Å²) in [5, 5.41) is 1.25. The molecular weight excluding hydrogens is 104 g/mol. The lowest BCUT2D eigenvalue weighted by Crippen LogP contribution is -2.43. The number of nitrogens with zero attached hydrogens (tertiary/aromatic N) is 1. The van der Waals surface area contributed by atoms with Crippen LogP contribution in [0.1, 0.15) is 19.3 Å². The smallest absolute Gasteiger partial charge is 0.223 e. The summed E-state index contributed by atoms with van der Waals surface area (Å²) in [4.78, 5) is 9.94. The molecule has 0 aromatic heterocycles. The first-order valence-electron chi connectivity index (χ1n) is 2.83. The lowest BCUT2D eigenvalue weighted by Gasteiger charge is -2.30. The number of hydrogen-bond donors (Lipinski definition) is 1. The summed E-state index contributed by atoms with van der Waals surface area (Å²) in [5.41, 5.74) is 0. The minimum atomic E-state index is 0.340. The molecule has 0 spiro atoms. The van der Waals surface area contributed by atoms with Crippen LogP contribution in [-0.4, -0.2) is 17.5 Å². The van der Waals surface area contributed by atoms with Crippen molar-refractivity contribution in [3.8, 4) is 0 Å². The number of hydrogen-bond acceptors (Lipinski definition) is 2. The van der Waals surface area contributed by atoms with Crippen molar-refractivity contribution in [2.45, 2.75) is 25.3 Å². The van der Waals surface area contributed by atoms with Crippen molar-refractivity contribution < 1.29 is 4.79 Å². The van der Waals surface area contributed by atoms with E-state index in [-0.39, 0.29) is 0 Å². The van der Waals surface area contributed by atoms with Crippen LogP contribution in [0.25, 0.3) is 0 Å². The number of carbonyl (C=O) groups excluding carboxylic acids is 1. The van der Waals surface area contributed by atoms with Crippen LogP contribution in [0, 0.1) is 0 Å². The molecule has 1 aliphatic rings. The van der Waals surface area contributed by atoms with Crippen LogP contribution >= 0.6 is 0 Å². The second-order valence-electron chi connectivity index (χ2n) is 2.14. The Morgan fingerprint density at radius 1 is 1.62 bits per heavy atom. The maximum atomic E-state index is 9.94. The number of nitrogens with two attached hydrogens (primary N) is 1. The molecule has 0 aliphatic heterocycles. The lowest BCUT2D eigenvalue weighted by molar-refractivity contribution is -0.122. The molecule has 1 amide bonds. The molecule has 46 valence electrons. The van der Waals surface area contributed by atoms with E-state index >= 15 is 0 Å². The van der Waals surface area contributed by atoms with Gasteiger partial charge in [-0.2, -0.15) is 0 Å². The summed E-state index contributed by atoms with van der Waals surface area (Å²) in [5.74, 6) is 5.24. The van der Waals surface area contributed by atoms with Crippen LogP contribution < -0.4 is 5.84 Å². The zero-order valence-electron chi connectivity index (χ0n) is 4.71. The number of hydrazine groups is 1. The largest absolute Gasteiger partial charge is 0.280 e. The Labute approximate surface area is 48.4 Å². The van der Waals surface area contributed by atoms with E-state index in [2.05, 4.69) is 0 Å². The van der Waals surface area contributed by atoms with Gasteiger partial charge in [-0.1, -0.05) is 0 Å². The predicted octanol–water partition coefficient (Wildman–Crippen LogP) is -0.129. The summed E-state index contributed by atoms with van der Waals surface area (Å²) in [6.45, 7) is 0. The highest BCUT2D eigenvalue weighted by Gasteiger charge is 2.20. The van der Waals surface area contributed by atoms with Gasteiger partial charge in [0.25, 0.3) is 0 Å². The fourth-order valence-corrected chi connectivity index (χ4v) is 0.771. The SMILES string of the molecule is NN(C=O)C1CCC1. The zero-order chi connectivity index (χ0) is 5.98. The molecule has 1 saturated carbocycles. The highest BCUT2D eigenvalue weighted by atomic mass is 16.1. The van der Waals surface area contributed by atoms with Crippen LogP contribution in [-0.2, 0) is 4.79 Å². The van der Waals surface area contributed by atoms with Gasteiger partial charge >= 0.3 is 0 Å². The first-order chi connectivity index (χ1) is 3.84. The lowest BCUT2D eigenvalue weighted by atomic mass is 9.93. The average Bonchev–Trinajstić information content (AvgIpc) is 1.62. The quantitative estimate of drug-likeness (QED) is 0.235. The third-order valence-corrected chi connectivity index (χ3v) is 1.62. The maximum absolute atomic E-state index is 9.94. The van der Waals surface area contributed by atoms with Crippen molar-refractivity contribution in [1.29, 1.82) is 0 Å². The topological polar surface area (TPSA) is 46.3 Å². The van der Waals surface area contributed by atoms with Crippen molar-refractivity contribution in [3.63, 3.8) is 0 Å². The molecule has 3 nitrogen and oxygen atoms in total. The van der Waals surface area contributed by atoms with Gasteiger partial charge in [0.2, 0.25) is 6.41 Å². The van der Waals surface area contributed by atoms with Crippen LogP contribution in [0.3, 0.4) is 0 Å². The van der Waals surface area contributed by atoms with E-state index in [1.165, 1.54) is 11.4 Å². The van der Waals surface area contributed by atoms with Gasteiger partial charge in [-0.05, 0) is 19.3 Å². The Hall–Kier alpha value is -0.570. The highest BCUT2D eigenvalue weighted by molar-refractivity contribution is 5.46. The van der Waals surface area contributed by atoms with E-state index in [1.807, 2.05) is 0 Å². The minimum absolute atomic E-state index is 0.340. The Balaban J connectivity index is 2.22. The van der Waals surface area contributed by atoms with E-state index in [9.17, 15) is 4.79 Å². The first kappa shape index (κ1) is 5.56. The molecular formula is C5H10N2O. The molecule has 0 atom stereocenters. The summed E-state index contributed by atoms with van der Waals surface area (Å²) in [6, 6.07) is 0.340. The maximum Gasteiger partial charge on any atom is 0.223 e. The number of carbonyl (C=O) groups is 1. The molecule has 0 bridgehead atoms. The van der Waals surface area contributed by atoms with Gasteiger partial charge in [0.15, 0.2) is 0 Å². The van der Waals surface area contributed by atoms with E-state index < -0.39 is 0 Å². The van der Waals surface area contributed by atoms with E-state index in [0.29, 0.717) is 12.5 Å². The van der Waals surface area contributed by atoms with Gasteiger partial charge in [0, 0.05) is 6.04 Å². The Kier molecular flexibility index (Phi) is 1.48. The minimum Gasteiger partial charge on any atom is -0.280 e. The summed E-state index contributed by atoms with van der Waals surface area (Å²) < 4.78 is 0. The van der Waals surface area contributed by atoms with Crippen LogP contribution in [0.15, 0.2) is 0 Å². The Morgan fingerprint density at radius 3 is 2.38 bits per heavy atom. The third-order valence-electron chi connectivity index (χ3n) is 1.62. The molecule has 0 saturated heterocycles. The van der Waals surface area contributed by atoms with Crippen molar-refractivity contribution in [3.05, 3.63) is 0 Å². The fourth-order valence-electron chi connectivity index (χ4n) is 0.771. The molecule has 8 heavy (non-hydrogen) atoms. The predicted molar refractivity (Wildman–Crippen MR) is 29.7 cm³/mol. The molecule has 0 unspecified atom stereocenters. The van der Waals surface area contributed by atoms with Crippen LogP contribution in [0.5, 0.6) is 0 Å². The number of amides is 1. The summed E-state index contributed by atoms with van der Waals surface area (Å²) >= 11 is 0. The molecule has 1 rings (SSSR count). The average molecular weight is 114 g/mol. The summed E-state index contributed by atoms with van der Waals surface area (Å²) in [7, 11) is 0. The number of rotatable bonds is 2. The molecule has 2 N–H and O–H groups in total. The van der Waals surface area contributed by atoms with Gasteiger partial charge < -0.3 is 0 Å². The molecule has 3 heteroatoms. The molecule has 0 aromatic carbocycles. The monoisotopic (exact) mass is 114 g/mol. The molecule has 1 aliphatic carbocycles. The van der Waals surface area contributed by atoms with E-state index in [0.717, 1.165) is 12.8 Å². The Bertz CT molecular complexity index is 90.4. The van der Waals surface area contributed by atoms with Crippen LogP contribution in [0.2, 0.25) is 0 Å². The molecule has 0 radical (unpaired) electrons. The van der Waals surface area contributed by atoms with Gasteiger partial charge in [-0.15, -0.1) is 0 Å². The first-order valence-corrected chi connectivity index (χ1v) is 2.83. The molecule has 1 fully saturated rings. The van der Waals surface area contributed by atoms with Gasteiger partial charge in [0.05, 0.1) is 0 Å². The normalized spacial score (nSPS) is 19.6. The molecule has 0 aromatic rings. The standard InChI is InChI=1S/C5H10N2O/c6-7(4-8)5-2-1-3-5/h4-5H,1-3,6H2. The van der Waals surface area contributed by atoms with Crippen molar-refractivity contribution in [2.75, 3.05) is 0 Å². The van der Waals surface area contributed by atoms with E-state index in [1.54, 1.807) is 0 Å². The van der Waals surface area contributed by atoms with Gasteiger partial charge in [0.1, 0.15) is 0 Å². The third kappa shape index (κ3) is 0.816. The van der Waals surface area contributed by atoms with Crippen molar-refractivity contribution >= 4 is 6.41 Å². The van der Waals surface area contributed by atoms with Crippen LogP contribution in [0.4, 0.5) is 0 Å². The Morgan fingerprint density at radius 2 is 2.25 bits per heavy atom. The van der Waals surface area contributed by atoms with E-state index in [4.69, 9.17) is 5.84 Å². The second kappa shape index (κ2) is 2.13. The molecule has 0 heterocycles. The zero-order valence-corrected chi connectivity index (χ0v) is 4.71.